The van der Waals surface area contributed by atoms with Crippen LogP contribution in [0.25, 0.3) is 0 Å². The zero-order valence-electron chi connectivity index (χ0n) is 8.83. The van der Waals surface area contributed by atoms with Crippen LogP contribution in [0.2, 0.25) is 0 Å². The standard InChI is InChI=1S/C13H10O4/c14-12-8-10(17-16)6-7-11(12)13(15)9-4-2-1-3-5-9/h1-8,14,16H. The highest BCUT2D eigenvalue weighted by molar-refractivity contribution is 6.10. The molecular weight excluding hydrogens is 220 g/mol. The summed E-state index contributed by atoms with van der Waals surface area (Å²) in [6.45, 7) is 0. The third kappa shape index (κ3) is 2.26. The Labute approximate surface area is 97.6 Å². The van der Waals surface area contributed by atoms with Crippen LogP contribution in [0.1, 0.15) is 15.9 Å². The van der Waals surface area contributed by atoms with Crippen molar-refractivity contribution < 1.29 is 20.0 Å². The van der Waals surface area contributed by atoms with E-state index in [4.69, 9.17) is 5.26 Å². The third-order valence-electron chi connectivity index (χ3n) is 2.36. The van der Waals surface area contributed by atoms with Crippen molar-refractivity contribution in [3.8, 4) is 11.5 Å². The molecule has 4 heteroatoms. The van der Waals surface area contributed by atoms with Gasteiger partial charge in [0.25, 0.3) is 0 Å². The molecule has 0 spiro atoms. The molecule has 2 N–H and O–H groups in total. The van der Waals surface area contributed by atoms with Crippen molar-refractivity contribution in [1.82, 2.24) is 0 Å². The summed E-state index contributed by atoms with van der Waals surface area (Å²) in [5, 5.41) is 18.1. The molecule has 2 rings (SSSR count). The number of phenols is 1. The van der Waals surface area contributed by atoms with Gasteiger partial charge in [0.1, 0.15) is 5.75 Å². The minimum atomic E-state index is -0.285. The topological polar surface area (TPSA) is 66.8 Å². The lowest BCUT2D eigenvalue weighted by Gasteiger charge is -2.05. The Hall–Kier alpha value is -2.33. The van der Waals surface area contributed by atoms with E-state index in [1.165, 1.54) is 18.2 Å². The van der Waals surface area contributed by atoms with Crippen LogP contribution < -0.4 is 4.89 Å². The Morgan fingerprint density at radius 3 is 2.35 bits per heavy atom. The molecule has 2 aromatic rings. The highest BCUT2D eigenvalue weighted by atomic mass is 17.1. The van der Waals surface area contributed by atoms with Crippen LogP contribution in [0.15, 0.2) is 48.5 Å². The predicted octanol–water partition coefficient (Wildman–Crippen LogP) is 2.48. The highest BCUT2D eigenvalue weighted by Gasteiger charge is 2.13. The number of hydrogen-bond acceptors (Lipinski definition) is 4. The predicted molar refractivity (Wildman–Crippen MR) is 61.2 cm³/mol. The van der Waals surface area contributed by atoms with Gasteiger partial charge in [0.2, 0.25) is 0 Å². The van der Waals surface area contributed by atoms with Crippen LogP contribution in [-0.4, -0.2) is 16.1 Å². The fourth-order valence-corrected chi connectivity index (χ4v) is 1.51. The van der Waals surface area contributed by atoms with Crippen molar-refractivity contribution in [3.05, 3.63) is 59.7 Å². The summed E-state index contributed by atoms with van der Waals surface area (Å²) in [5.74, 6) is -0.440. The molecule has 0 aliphatic heterocycles. The molecule has 0 aromatic heterocycles. The smallest absolute Gasteiger partial charge is 0.196 e. The van der Waals surface area contributed by atoms with Gasteiger partial charge in [0.05, 0.1) is 5.56 Å². The van der Waals surface area contributed by atoms with Crippen LogP contribution in [0.4, 0.5) is 0 Å². The van der Waals surface area contributed by atoms with Crippen molar-refractivity contribution in [3.63, 3.8) is 0 Å². The monoisotopic (exact) mass is 230 g/mol. The first-order valence-corrected chi connectivity index (χ1v) is 4.96. The average molecular weight is 230 g/mol. The van der Waals surface area contributed by atoms with Crippen molar-refractivity contribution in [1.29, 1.82) is 0 Å². The molecule has 0 amide bonds. The summed E-state index contributed by atoms with van der Waals surface area (Å²) in [6, 6.07) is 12.6. The Morgan fingerprint density at radius 1 is 1.06 bits per heavy atom. The van der Waals surface area contributed by atoms with E-state index < -0.39 is 0 Å². The molecule has 0 aliphatic rings. The zero-order valence-corrected chi connectivity index (χ0v) is 8.83. The second-order valence-corrected chi connectivity index (χ2v) is 3.47. The maximum atomic E-state index is 12.0. The minimum absolute atomic E-state index is 0.0760. The zero-order chi connectivity index (χ0) is 12.3. The molecule has 0 aliphatic carbocycles. The maximum absolute atomic E-state index is 12.0. The number of carbonyl (C=O) groups is 1. The van der Waals surface area contributed by atoms with Crippen LogP contribution >= 0.6 is 0 Å². The molecule has 0 atom stereocenters. The van der Waals surface area contributed by atoms with Crippen molar-refractivity contribution in [2.45, 2.75) is 0 Å². The Morgan fingerprint density at radius 2 is 1.76 bits per heavy atom. The summed E-state index contributed by atoms with van der Waals surface area (Å²) in [7, 11) is 0. The average Bonchev–Trinajstić information content (AvgIpc) is 2.39. The second kappa shape index (κ2) is 4.67. The highest BCUT2D eigenvalue weighted by Crippen LogP contribution is 2.25. The Balaban J connectivity index is 2.38. The van der Waals surface area contributed by atoms with Crippen LogP contribution in [0.5, 0.6) is 11.5 Å². The molecular formula is C13H10O4. The van der Waals surface area contributed by atoms with Gasteiger partial charge in [-0.3, -0.25) is 4.79 Å². The van der Waals surface area contributed by atoms with E-state index in [0.29, 0.717) is 5.56 Å². The largest absolute Gasteiger partial charge is 0.507 e. The van der Waals surface area contributed by atoms with Gasteiger partial charge >= 0.3 is 0 Å². The summed E-state index contributed by atoms with van der Waals surface area (Å²) < 4.78 is 0. The molecule has 17 heavy (non-hydrogen) atoms. The number of aromatic hydroxyl groups is 1. The van der Waals surface area contributed by atoms with Gasteiger partial charge in [0.15, 0.2) is 11.5 Å². The second-order valence-electron chi connectivity index (χ2n) is 3.47. The quantitative estimate of drug-likeness (QED) is 0.483. The molecule has 0 unspecified atom stereocenters. The summed E-state index contributed by atoms with van der Waals surface area (Å²) in [4.78, 5) is 16.0. The lowest BCUT2D eigenvalue weighted by atomic mass is 10.0. The normalized spacial score (nSPS) is 9.94. The van der Waals surface area contributed by atoms with E-state index in [-0.39, 0.29) is 22.8 Å². The van der Waals surface area contributed by atoms with Gasteiger partial charge < -0.3 is 9.99 Å². The lowest BCUT2D eigenvalue weighted by Crippen LogP contribution is -2.01. The van der Waals surface area contributed by atoms with Crippen molar-refractivity contribution >= 4 is 5.78 Å². The van der Waals surface area contributed by atoms with Crippen molar-refractivity contribution in [2.24, 2.45) is 0 Å². The molecule has 0 saturated heterocycles. The van der Waals surface area contributed by atoms with Gasteiger partial charge in [-0.1, -0.05) is 30.3 Å². The van der Waals surface area contributed by atoms with Gasteiger partial charge in [0, 0.05) is 11.6 Å². The first-order valence-electron chi connectivity index (χ1n) is 4.96. The summed E-state index contributed by atoms with van der Waals surface area (Å²) in [6.07, 6.45) is 0. The molecule has 2 aromatic carbocycles. The fourth-order valence-electron chi connectivity index (χ4n) is 1.51. The number of hydrogen-bond donors (Lipinski definition) is 2. The maximum Gasteiger partial charge on any atom is 0.196 e. The van der Waals surface area contributed by atoms with Crippen LogP contribution in [-0.2, 0) is 0 Å². The summed E-state index contributed by atoms with van der Waals surface area (Å²) in [5.41, 5.74) is 0.650. The van der Waals surface area contributed by atoms with E-state index in [1.807, 2.05) is 0 Å². The molecule has 0 radical (unpaired) electrons. The van der Waals surface area contributed by atoms with E-state index >= 15 is 0 Å². The number of phenolic OH excluding ortho intramolecular Hbond substituents is 1. The van der Waals surface area contributed by atoms with Gasteiger partial charge in [-0.2, -0.15) is 0 Å². The summed E-state index contributed by atoms with van der Waals surface area (Å²) >= 11 is 0. The first kappa shape index (κ1) is 11.2. The number of ketones is 1. The van der Waals surface area contributed by atoms with Gasteiger partial charge in [-0.25, -0.2) is 5.26 Å². The van der Waals surface area contributed by atoms with Gasteiger partial charge in [-0.15, -0.1) is 0 Å². The molecule has 0 heterocycles. The molecule has 0 saturated carbocycles. The van der Waals surface area contributed by atoms with E-state index in [1.54, 1.807) is 30.3 Å². The number of rotatable bonds is 3. The Kier molecular flexibility index (Phi) is 3.07. The Bertz CT molecular complexity index is 534. The number of carbonyl (C=O) groups excluding carboxylic acids is 1. The van der Waals surface area contributed by atoms with E-state index in [0.717, 1.165) is 0 Å². The first-order chi connectivity index (χ1) is 8.22. The molecule has 86 valence electrons. The molecule has 0 fully saturated rings. The van der Waals surface area contributed by atoms with E-state index in [9.17, 15) is 9.90 Å². The minimum Gasteiger partial charge on any atom is -0.507 e. The number of benzene rings is 2. The van der Waals surface area contributed by atoms with Crippen LogP contribution in [0.3, 0.4) is 0 Å². The lowest BCUT2D eigenvalue weighted by molar-refractivity contribution is -0.137. The molecule has 0 bridgehead atoms. The fraction of sp³-hybridized carbons (Fsp3) is 0. The van der Waals surface area contributed by atoms with Gasteiger partial charge in [-0.05, 0) is 12.1 Å². The molecule has 4 nitrogen and oxygen atoms in total. The van der Waals surface area contributed by atoms with Crippen molar-refractivity contribution in [2.75, 3.05) is 0 Å². The third-order valence-corrected chi connectivity index (χ3v) is 2.36. The van der Waals surface area contributed by atoms with E-state index in [2.05, 4.69) is 4.89 Å². The SMILES string of the molecule is O=C(c1ccccc1)c1ccc(OO)cc1O. The van der Waals surface area contributed by atoms with Crippen LogP contribution in [0, 0.1) is 0 Å².